The van der Waals surface area contributed by atoms with Gasteiger partial charge in [-0.3, -0.25) is 4.79 Å². The summed E-state index contributed by atoms with van der Waals surface area (Å²) in [5.41, 5.74) is 2.24. The van der Waals surface area contributed by atoms with E-state index >= 15 is 0 Å². The molecule has 128 valence electrons. The van der Waals surface area contributed by atoms with Crippen molar-refractivity contribution in [3.05, 3.63) is 64.4 Å². The Morgan fingerprint density at radius 3 is 2.72 bits per heavy atom. The second-order valence-electron chi connectivity index (χ2n) is 5.27. The number of methoxy groups -OCH3 is 1. The number of carbonyl (C=O) groups excluding carboxylic acids is 1. The maximum Gasteiger partial charge on any atom is 0.253 e. The first-order chi connectivity index (χ1) is 12.2. The molecule has 2 aromatic carbocycles. The molecule has 0 saturated carbocycles. The third-order valence-corrected chi connectivity index (χ3v) is 4.15. The smallest absolute Gasteiger partial charge is 0.253 e. The van der Waals surface area contributed by atoms with Gasteiger partial charge in [-0.05, 0) is 52.7 Å². The zero-order chi connectivity index (χ0) is 17.6. The van der Waals surface area contributed by atoms with E-state index in [2.05, 4.69) is 36.8 Å². The summed E-state index contributed by atoms with van der Waals surface area (Å²) in [6.07, 6.45) is 2.18. The van der Waals surface area contributed by atoms with E-state index in [1.807, 2.05) is 30.3 Å². The largest absolute Gasteiger partial charge is 0.497 e. The van der Waals surface area contributed by atoms with Gasteiger partial charge < -0.3 is 10.1 Å². The lowest BCUT2D eigenvalue weighted by Gasteiger charge is -2.10. The molecule has 0 fully saturated rings. The van der Waals surface area contributed by atoms with Gasteiger partial charge in [0.05, 0.1) is 18.4 Å². The first kappa shape index (κ1) is 17.1. The van der Waals surface area contributed by atoms with Crippen LogP contribution in [0, 0.1) is 0 Å². The van der Waals surface area contributed by atoms with Crippen molar-refractivity contribution < 1.29 is 9.53 Å². The SMILES string of the molecule is COc1ccc(CCNC(=O)c2cc(Br)ccc2-n2cnnn2)cc1. The summed E-state index contributed by atoms with van der Waals surface area (Å²) in [6, 6.07) is 13.2. The maximum absolute atomic E-state index is 12.6. The molecule has 3 aromatic rings. The van der Waals surface area contributed by atoms with Crippen LogP contribution < -0.4 is 10.1 Å². The topological polar surface area (TPSA) is 81.9 Å². The van der Waals surface area contributed by atoms with E-state index in [1.165, 1.54) is 11.0 Å². The fourth-order valence-electron chi connectivity index (χ4n) is 2.37. The number of hydrogen-bond acceptors (Lipinski definition) is 5. The number of tetrazole rings is 1. The number of rotatable bonds is 6. The van der Waals surface area contributed by atoms with E-state index in [0.29, 0.717) is 17.8 Å². The van der Waals surface area contributed by atoms with Crippen LogP contribution in [0.1, 0.15) is 15.9 Å². The second-order valence-corrected chi connectivity index (χ2v) is 6.19. The first-order valence-corrected chi connectivity index (χ1v) is 8.40. The molecule has 0 aliphatic carbocycles. The van der Waals surface area contributed by atoms with Gasteiger partial charge in [-0.25, -0.2) is 0 Å². The number of carbonyl (C=O) groups is 1. The number of aromatic nitrogens is 4. The molecule has 1 heterocycles. The molecule has 0 spiro atoms. The van der Waals surface area contributed by atoms with Crippen LogP contribution in [0.3, 0.4) is 0 Å². The summed E-state index contributed by atoms with van der Waals surface area (Å²) in [5, 5.41) is 14.0. The normalized spacial score (nSPS) is 10.5. The Balaban J connectivity index is 1.67. The highest BCUT2D eigenvalue weighted by Gasteiger charge is 2.14. The lowest BCUT2D eigenvalue weighted by molar-refractivity contribution is 0.0954. The Kier molecular flexibility index (Phi) is 5.39. The van der Waals surface area contributed by atoms with Crippen molar-refractivity contribution in [3.8, 4) is 11.4 Å². The quantitative estimate of drug-likeness (QED) is 0.685. The number of hydrogen-bond donors (Lipinski definition) is 1. The minimum atomic E-state index is -0.180. The summed E-state index contributed by atoms with van der Waals surface area (Å²) in [5.74, 6) is 0.633. The summed E-state index contributed by atoms with van der Waals surface area (Å²) >= 11 is 3.39. The fraction of sp³-hybridized carbons (Fsp3) is 0.176. The molecule has 25 heavy (non-hydrogen) atoms. The van der Waals surface area contributed by atoms with Gasteiger partial charge in [0.25, 0.3) is 5.91 Å². The van der Waals surface area contributed by atoms with Crippen molar-refractivity contribution in [1.29, 1.82) is 0 Å². The Labute approximate surface area is 153 Å². The predicted octanol–water partition coefficient (Wildman–Crippen LogP) is 2.41. The van der Waals surface area contributed by atoms with E-state index in [9.17, 15) is 4.79 Å². The van der Waals surface area contributed by atoms with Crippen molar-refractivity contribution >= 4 is 21.8 Å². The average Bonchev–Trinajstić information content (AvgIpc) is 3.16. The van der Waals surface area contributed by atoms with Crippen LogP contribution in [0.5, 0.6) is 5.75 Å². The number of nitrogens with one attached hydrogen (secondary N) is 1. The monoisotopic (exact) mass is 401 g/mol. The molecule has 7 nitrogen and oxygen atoms in total. The van der Waals surface area contributed by atoms with Crippen LogP contribution in [0.15, 0.2) is 53.3 Å². The minimum absolute atomic E-state index is 0.180. The van der Waals surface area contributed by atoms with Crippen LogP contribution in [0.2, 0.25) is 0 Å². The Morgan fingerprint density at radius 2 is 2.04 bits per heavy atom. The zero-order valence-corrected chi connectivity index (χ0v) is 15.1. The van der Waals surface area contributed by atoms with Crippen molar-refractivity contribution in [2.45, 2.75) is 6.42 Å². The van der Waals surface area contributed by atoms with E-state index in [-0.39, 0.29) is 5.91 Å². The zero-order valence-electron chi connectivity index (χ0n) is 13.5. The van der Waals surface area contributed by atoms with Crippen molar-refractivity contribution in [3.63, 3.8) is 0 Å². The van der Waals surface area contributed by atoms with Crippen molar-refractivity contribution in [2.75, 3.05) is 13.7 Å². The maximum atomic E-state index is 12.6. The van der Waals surface area contributed by atoms with E-state index < -0.39 is 0 Å². The molecule has 0 saturated heterocycles. The van der Waals surface area contributed by atoms with Crippen molar-refractivity contribution in [1.82, 2.24) is 25.5 Å². The summed E-state index contributed by atoms with van der Waals surface area (Å²) in [7, 11) is 1.63. The van der Waals surface area contributed by atoms with Crippen LogP contribution >= 0.6 is 15.9 Å². The van der Waals surface area contributed by atoms with Gasteiger partial charge in [0.15, 0.2) is 0 Å². The van der Waals surface area contributed by atoms with Gasteiger partial charge >= 0.3 is 0 Å². The number of nitrogens with zero attached hydrogens (tertiary/aromatic N) is 4. The number of halogens is 1. The lowest BCUT2D eigenvalue weighted by Crippen LogP contribution is -2.27. The molecule has 3 rings (SSSR count). The van der Waals surface area contributed by atoms with Crippen LogP contribution in [-0.4, -0.2) is 39.8 Å². The van der Waals surface area contributed by atoms with Gasteiger partial charge in [0.2, 0.25) is 0 Å². The molecule has 1 aromatic heterocycles. The second kappa shape index (κ2) is 7.89. The average molecular weight is 402 g/mol. The lowest BCUT2D eigenvalue weighted by atomic mass is 10.1. The summed E-state index contributed by atoms with van der Waals surface area (Å²) in [4.78, 5) is 12.6. The number of amides is 1. The molecule has 1 N–H and O–H groups in total. The minimum Gasteiger partial charge on any atom is -0.497 e. The fourth-order valence-corrected chi connectivity index (χ4v) is 2.73. The molecule has 8 heteroatoms. The molecule has 0 unspecified atom stereocenters. The van der Waals surface area contributed by atoms with E-state index in [1.54, 1.807) is 19.2 Å². The summed E-state index contributed by atoms with van der Waals surface area (Å²) < 4.78 is 7.41. The third kappa shape index (κ3) is 4.21. The van der Waals surface area contributed by atoms with Gasteiger partial charge in [0, 0.05) is 11.0 Å². The van der Waals surface area contributed by atoms with Crippen LogP contribution in [0.4, 0.5) is 0 Å². The highest BCUT2D eigenvalue weighted by atomic mass is 79.9. The Bertz CT molecular complexity index is 850. The van der Waals surface area contributed by atoms with Gasteiger partial charge in [-0.1, -0.05) is 28.1 Å². The molecular weight excluding hydrogens is 386 g/mol. The van der Waals surface area contributed by atoms with Gasteiger partial charge in [-0.15, -0.1) is 5.10 Å². The van der Waals surface area contributed by atoms with E-state index in [0.717, 1.165) is 22.2 Å². The van der Waals surface area contributed by atoms with Crippen molar-refractivity contribution in [2.24, 2.45) is 0 Å². The third-order valence-electron chi connectivity index (χ3n) is 3.66. The molecule has 0 bridgehead atoms. The predicted molar refractivity (Wildman–Crippen MR) is 95.9 cm³/mol. The number of benzene rings is 2. The highest BCUT2D eigenvalue weighted by molar-refractivity contribution is 9.10. The Morgan fingerprint density at radius 1 is 1.24 bits per heavy atom. The van der Waals surface area contributed by atoms with E-state index in [4.69, 9.17) is 4.74 Å². The molecule has 0 atom stereocenters. The standard InChI is InChI=1S/C17H16BrN5O2/c1-25-14-5-2-12(3-6-14)8-9-19-17(24)15-10-13(18)4-7-16(15)23-11-20-21-22-23/h2-7,10-11H,8-9H2,1H3,(H,19,24). The van der Waals surface area contributed by atoms with Gasteiger partial charge in [-0.2, -0.15) is 4.68 Å². The highest BCUT2D eigenvalue weighted by Crippen LogP contribution is 2.19. The number of ether oxygens (including phenoxy) is 1. The first-order valence-electron chi connectivity index (χ1n) is 7.61. The van der Waals surface area contributed by atoms with Gasteiger partial charge in [0.1, 0.15) is 12.1 Å². The van der Waals surface area contributed by atoms with Crippen LogP contribution in [-0.2, 0) is 6.42 Å². The summed E-state index contributed by atoms with van der Waals surface area (Å²) in [6.45, 7) is 0.521. The molecular formula is C17H16BrN5O2. The Hall–Kier alpha value is -2.74. The molecule has 0 radical (unpaired) electrons. The molecule has 0 aliphatic heterocycles. The molecule has 0 aliphatic rings. The molecule has 1 amide bonds. The van der Waals surface area contributed by atoms with Crippen LogP contribution in [0.25, 0.3) is 5.69 Å².